The van der Waals surface area contributed by atoms with Crippen molar-refractivity contribution in [3.8, 4) is 0 Å². The maximum absolute atomic E-state index is 12.9. The number of carbonyl (C=O) groups is 4. The summed E-state index contributed by atoms with van der Waals surface area (Å²) in [5, 5.41) is 5.64. The first-order chi connectivity index (χ1) is 14.8. The minimum absolute atomic E-state index is 0.0113. The summed E-state index contributed by atoms with van der Waals surface area (Å²) in [5.41, 5.74) is 1.18. The van der Waals surface area contributed by atoms with Crippen LogP contribution in [-0.4, -0.2) is 47.4 Å². The largest absolute Gasteiger partial charge is 0.454 e. The molecule has 1 spiro atoms. The molecule has 0 aromatic heterocycles. The number of hydrogen-bond acceptors (Lipinski definition) is 5. The van der Waals surface area contributed by atoms with Gasteiger partial charge in [-0.05, 0) is 37.7 Å². The van der Waals surface area contributed by atoms with Gasteiger partial charge in [-0.1, -0.05) is 56.5 Å². The number of imide groups is 1. The van der Waals surface area contributed by atoms with Gasteiger partial charge in [0.05, 0.1) is 6.04 Å². The van der Waals surface area contributed by atoms with Crippen molar-refractivity contribution in [3.05, 3.63) is 35.4 Å². The Morgan fingerprint density at radius 1 is 1.26 bits per heavy atom. The lowest BCUT2D eigenvalue weighted by Gasteiger charge is -2.36. The number of urea groups is 1. The first kappa shape index (κ1) is 22.8. The lowest BCUT2D eigenvalue weighted by Crippen LogP contribution is -2.54. The lowest BCUT2D eigenvalue weighted by atomic mass is 9.73. The van der Waals surface area contributed by atoms with Gasteiger partial charge in [-0.25, -0.2) is 4.79 Å². The molecule has 1 aliphatic carbocycles. The van der Waals surface area contributed by atoms with E-state index in [1.807, 2.05) is 45.0 Å². The van der Waals surface area contributed by atoms with Crippen LogP contribution in [0.25, 0.3) is 0 Å². The van der Waals surface area contributed by atoms with E-state index in [2.05, 4.69) is 10.6 Å². The summed E-state index contributed by atoms with van der Waals surface area (Å²) in [6.07, 6.45) is 3.98. The Labute approximate surface area is 182 Å². The van der Waals surface area contributed by atoms with Crippen LogP contribution >= 0.6 is 0 Å². The van der Waals surface area contributed by atoms with Crippen LogP contribution in [0.2, 0.25) is 0 Å². The Kier molecular flexibility index (Phi) is 6.97. The Bertz CT molecular complexity index is 853. The molecule has 4 amide bonds. The fraction of sp³-hybridized carbons (Fsp3) is 0.565. The molecule has 1 saturated carbocycles. The molecule has 1 heterocycles. The Hall–Kier alpha value is -2.90. The SMILES string of the molecule is CC[C@@H](NC(=O)COC(=O)CN1C(=O)N[C@]2(CCCC[C@@H]2C)C1=O)c1ccc(C)cc1. The van der Waals surface area contributed by atoms with Gasteiger partial charge >= 0.3 is 12.0 Å². The second-order valence-electron chi connectivity index (χ2n) is 8.54. The third kappa shape index (κ3) is 4.89. The number of nitrogens with one attached hydrogen (secondary N) is 2. The summed E-state index contributed by atoms with van der Waals surface area (Å²) in [5.74, 6) is -1.59. The van der Waals surface area contributed by atoms with Crippen LogP contribution in [0.4, 0.5) is 4.79 Å². The number of carbonyl (C=O) groups excluding carboxylic acids is 4. The molecule has 0 radical (unpaired) electrons. The summed E-state index contributed by atoms with van der Waals surface area (Å²) in [7, 11) is 0. The number of benzene rings is 1. The molecule has 2 aliphatic rings. The van der Waals surface area contributed by atoms with Crippen molar-refractivity contribution in [2.45, 2.75) is 64.5 Å². The van der Waals surface area contributed by atoms with Gasteiger partial charge in [0.15, 0.2) is 6.61 Å². The highest BCUT2D eigenvalue weighted by molar-refractivity contribution is 6.09. The molecule has 2 fully saturated rings. The number of nitrogens with zero attached hydrogens (tertiary/aromatic N) is 1. The van der Waals surface area contributed by atoms with E-state index in [0.717, 1.165) is 35.3 Å². The van der Waals surface area contributed by atoms with Crippen LogP contribution in [0.1, 0.15) is 63.1 Å². The van der Waals surface area contributed by atoms with Crippen molar-refractivity contribution in [1.29, 1.82) is 0 Å². The fourth-order valence-corrected chi connectivity index (χ4v) is 4.42. The number of amides is 4. The van der Waals surface area contributed by atoms with Crippen LogP contribution in [0.3, 0.4) is 0 Å². The summed E-state index contributed by atoms with van der Waals surface area (Å²) in [4.78, 5) is 50.6. The van der Waals surface area contributed by atoms with Gasteiger partial charge in [0.2, 0.25) is 0 Å². The van der Waals surface area contributed by atoms with E-state index in [1.165, 1.54) is 0 Å². The number of aryl methyl sites for hydroxylation is 1. The quantitative estimate of drug-likeness (QED) is 0.512. The Morgan fingerprint density at radius 3 is 2.61 bits per heavy atom. The monoisotopic (exact) mass is 429 g/mol. The molecule has 3 rings (SSSR count). The molecule has 1 aromatic rings. The summed E-state index contributed by atoms with van der Waals surface area (Å²) < 4.78 is 5.04. The normalized spacial score (nSPS) is 24.1. The molecule has 1 saturated heterocycles. The van der Waals surface area contributed by atoms with E-state index in [0.29, 0.717) is 12.8 Å². The maximum atomic E-state index is 12.9. The van der Waals surface area contributed by atoms with Crippen molar-refractivity contribution in [2.24, 2.45) is 5.92 Å². The van der Waals surface area contributed by atoms with E-state index in [9.17, 15) is 19.2 Å². The van der Waals surface area contributed by atoms with Gasteiger partial charge in [-0.3, -0.25) is 19.3 Å². The minimum atomic E-state index is -0.921. The van der Waals surface area contributed by atoms with Crippen molar-refractivity contribution in [2.75, 3.05) is 13.2 Å². The van der Waals surface area contributed by atoms with Gasteiger partial charge in [-0.15, -0.1) is 0 Å². The topological polar surface area (TPSA) is 105 Å². The molecule has 1 aliphatic heterocycles. The Morgan fingerprint density at radius 2 is 1.97 bits per heavy atom. The van der Waals surface area contributed by atoms with Gasteiger partial charge < -0.3 is 15.4 Å². The number of rotatable bonds is 7. The van der Waals surface area contributed by atoms with Gasteiger partial charge in [0, 0.05) is 0 Å². The first-order valence-corrected chi connectivity index (χ1v) is 10.9. The molecule has 8 heteroatoms. The molecule has 2 N–H and O–H groups in total. The van der Waals surface area contributed by atoms with E-state index in [-0.39, 0.29) is 17.9 Å². The van der Waals surface area contributed by atoms with E-state index < -0.39 is 36.6 Å². The third-order valence-corrected chi connectivity index (χ3v) is 6.38. The van der Waals surface area contributed by atoms with Gasteiger partial charge in [-0.2, -0.15) is 0 Å². The van der Waals surface area contributed by atoms with Gasteiger partial charge in [0.25, 0.3) is 11.8 Å². The predicted molar refractivity (Wildman–Crippen MR) is 114 cm³/mol. The zero-order valence-corrected chi connectivity index (χ0v) is 18.4. The second-order valence-corrected chi connectivity index (χ2v) is 8.54. The zero-order chi connectivity index (χ0) is 22.6. The number of ether oxygens (including phenoxy) is 1. The van der Waals surface area contributed by atoms with E-state index in [1.54, 1.807) is 0 Å². The highest BCUT2D eigenvalue weighted by atomic mass is 16.5. The maximum Gasteiger partial charge on any atom is 0.326 e. The van der Waals surface area contributed by atoms with E-state index >= 15 is 0 Å². The zero-order valence-electron chi connectivity index (χ0n) is 18.4. The van der Waals surface area contributed by atoms with Crippen molar-refractivity contribution in [3.63, 3.8) is 0 Å². The molecule has 1 aromatic carbocycles. The number of esters is 1. The van der Waals surface area contributed by atoms with Crippen LogP contribution in [0.5, 0.6) is 0 Å². The molecule has 3 atom stereocenters. The highest BCUT2D eigenvalue weighted by Crippen LogP contribution is 2.38. The smallest absolute Gasteiger partial charge is 0.326 e. The van der Waals surface area contributed by atoms with Crippen molar-refractivity contribution < 1.29 is 23.9 Å². The average Bonchev–Trinajstić information content (AvgIpc) is 2.98. The summed E-state index contributed by atoms with van der Waals surface area (Å²) in [6, 6.07) is 7.09. The van der Waals surface area contributed by atoms with E-state index in [4.69, 9.17) is 4.74 Å². The minimum Gasteiger partial charge on any atom is -0.454 e. The molecule has 168 valence electrons. The predicted octanol–water partition coefficient (Wildman–Crippen LogP) is 2.61. The van der Waals surface area contributed by atoms with Crippen LogP contribution < -0.4 is 10.6 Å². The molecule has 31 heavy (non-hydrogen) atoms. The fourth-order valence-electron chi connectivity index (χ4n) is 4.42. The van der Waals surface area contributed by atoms with Crippen LogP contribution in [0.15, 0.2) is 24.3 Å². The first-order valence-electron chi connectivity index (χ1n) is 10.9. The molecular weight excluding hydrogens is 398 g/mol. The molecule has 0 bridgehead atoms. The summed E-state index contributed by atoms with van der Waals surface area (Å²) >= 11 is 0. The lowest BCUT2D eigenvalue weighted by molar-refractivity contribution is -0.151. The average molecular weight is 430 g/mol. The van der Waals surface area contributed by atoms with Crippen molar-refractivity contribution in [1.82, 2.24) is 15.5 Å². The second kappa shape index (κ2) is 9.49. The van der Waals surface area contributed by atoms with Crippen LogP contribution in [0, 0.1) is 12.8 Å². The highest BCUT2D eigenvalue weighted by Gasteiger charge is 2.55. The van der Waals surface area contributed by atoms with Crippen LogP contribution in [-0.2, 0) is 19.1 Å². The number of hydrogen-bond donors (Lipinski definition) is 2. The third-order valence-electron chi connectivity index (χ3n) is 6.38. The van der Waals surface area contributed by atoms with Gasteiger partial charge in [0.1, 0.15) is 12.1 Å². The standard InChI is InChI=1S/C23H31N3O5/c1-4-18(17-10-8-15(2)9-11-17)24-19(27)14-31-20(28)13-26-21(29)23(25-22(26)30)12-6-5-7-16(23)3/h8-11,16,18H,4-7,12-14H2,1-3H3,(H,24,27)(H,25,30)/t16-,18+,23-/m0/s1. The molecule has 0 unspecified atom stereocenters. The Balaban J connectivity index is 1.51. The molecule has 8 nitrogen and oxygen atoms in total. The molecular formula is C23H31N3O5. The van der Waals surface area contributed by atoms with Crippen molar-refractivity contribution >= 4 is 23.8 Å². The summed E-state index contributed by atoms with van der Waals surface area (Å²) in [6.45, 7) is 4.93.